The number of benzene rings is 2. The summed E-state index contributed by atoms with van der Waals surface area (Å²) in [7, 11) is 1.31. The number of carbonyl (C=O) groups excluding carboxylic acids is 2. The number of hydrogen-bond acceptors (Lipinski definition) is 5. The van der Waals surface area contributed by atoms with Gasteiger partial charge >= 0.3 is 5.97 Å². The summed E-state index contributed by atoms with van der Waals surface area (Å²) in [5.74, 6) is -0.733. The third-order valence-electron chi connectivity index (χ3n) is 3.33. The Morgan fingerprint density at radius 2 is 2.04 bits per heavy atom. The second-order valence-electron chi connectivity index (χ2n) is 5.05. The summed E-state index contributed by atoms with van der Waals surface area (Å²) in [6.45, 7) is 0. The molecule has 0 spiro atoms. The second-order valence-corrected chi connectivity index (χ2v) is 6.51. The van der Waals surface area contributed by atoms with Gasteiger partial charge in [-0.05, 0) is 47.7 Å². The van der Waals surface area contributed by atoms with E-state index in [-0.39, 0.29) is 5.91 Å². The highest BCUT2D eigenvalue weighted by Crippen LogP contribution is 2.29. The van der Waals surface area contributed by atoms with Gasteiger partial charge in [-0.1, -0.05) is 35.9 Å². The van der Waals surface area contributed by atoms with Gasteiger partial charge in [0.2, 0.25) is 0 Å². The van der Waals surface area contributed by atoms with Crippen LogP contribution in [-0.2, 0) is 9.53 Å². The molecule has 2 aromatic rings. The Hall–Kier alpha value is -2.57. The number of amidine groups is 1. The van der Waals surface area contributed by atoms with Crippen LogP contribution in [-0.4, -0.2) is 24.2 Å². The van der Waals surface area contributed by atoms with Crippen LogP contribution < -0.4 is 5.32 Å². The minimum absolute atomic E-state index is 0.251. The van der Waals surface area contributed by atoms with E-state index >= 15 is 0 Å². The van der Waals surface area contributed by atoms with Crippen LogP contribution in [0.15, 0.2) is 58.4 Å². The zero-order valence-electron chi connectivity index (χ0n) is 13.2. The molecule has 1 N–H and O–H groups in total. The van der Waals surface area contributed by atoms with Gasteiger partial charge in [-0.3, -0.25) is 4.79 Å². The first-order valence-electron chi connectivity index (χ1n) is 7.29. The number of amides is 1. The lowest BCUT2D eigenvalue weighted by molar-refractivity contribution is -0.115. The molecule has 1 amide bonds. The van der Waals surface area contributed by atoms with Crippen LogP contribution in [0.5, 0.6) is 0 Å². The molecule has 1 aliphatic rings. The van der Waals surface area contributed by atoms with Crippen LogP contribution in [0.1, 0.15) is 15.9 Å². The average Bonchev–Trinajstić information content (AvgIpc) is 2.94. The number of hydrogen-bond donors (Lipinski definition) is 1. The second kappa shape index (κ2) is 7.55. The molecule has 0 unspecified atom stereocenters. The molecule has 0 atom stereocenters. The normalized spacial score (nSPS) is 17.0. The number of methoxy groups -OCH3 is 1. The van der Waals surface area contributed by atoms with Crippen LogP contribution in [0.3, 0.4) is 0 Å². The third kappa shape index (κ3) is 4.10. The molecule has 1 fully saturated rings. The summed E-state index contributed by atoms with van der Waals surface area (Å²) in [5, 5.41) is 3.69. The van der Waals surface area contributed by atoms with Crippen molar-refractivity contribution < 1.29 is 14.3 Å². The fourth-order valence-electron chi connectivity index (χ4n) is 2.19. The highest BCUT2D eigenvalue weighted by molar-refractivity contribution is 8.18. The third-order valence-corrected chi connectivity index (χ3v) is 4.47. The van der Waals surface area contributed by atoms with E-state index < -0.39 is 5.97 Å². The smallest absolute Gasteiger partial charge is 0.340 e. The van der Waals surface area contributed by atoms with Crippen molar-refractivity contribution in [3.8, 4) is 0 Å². The maximum Gasteiger partial charge on any atom is 0.340 e. The minimum atomic E-state index is -0.482. The summed E-state index contributed by atoms with van der Waals surface area (Å²) < 4.78 is 4.75. The van der Waals surface area contributed by atoms with Crippen molar-refractivity contribution in [3.63, 3.8) is 0 Å². The van der Waals surface area contributed by atoms with E-state index in [1.165, 1.54) is 18.9 Å². The van der Waals surface area contributed by atoms with Crippen molar-refractivity contribution in [2.45, 2.75) is 0 Å². The standard InChI is InChI=1S/C18H13ClN2O3S/c1-24-17(23)13-7-2-3-8-14(13)20-18-21-16(22)15(25-18)10-11-5-4-6-12(19)9-11/h2-10H,1H3,(H,20,21,22)/b15-10-. The molecule has 2 aromatic carbocycles. The topological polar surface area (TPSA) is 67.8 Å². The predicted octanol–water partition coefficient (Wildman–Crippen LogP) is 4.02. The van der Waals surface area contributed by atoms with Crippen molar-refractivity contribution >= 4 is 52.2 Å². The van der Waals surface area contributed by atoms with Crippen molar-refractivity contribution in [1.29, 1.82) is 0 Å². The lowest BCUT2D eigenvalue weighted by Crippen LogP contribution is -2.19. The molecule has 0 saturated carbocycles. The minimum Gasteiger partial charge on any atom is -0.465 e. The van der Waals surface area contributed by atoms with E-state index in [1.54, 1.807) is 42.5 Å². The molecule has 1 heterocycles. The van der Waals surface area contributed by atoms with Gasteiger partial charge in [-0.25, -0.2) is 9.79 Å². The Morgan fingerprint density at radius 3 is 2.80 bits per heavy atom. The maximum absolute atomic E-state index is 12.1. The number of nitrogens with zero attached hydrogens (tertiary/aromatic N) is 1. The van der Waals surface area contributed by atoms with Crippen LogP contribution in [0.4, 0.5) is 5.69 Å². The molecule has 0 radical (unpaired) electrons. The van der Waals surface area contributed by atoms with E-state index in [9.17, 15) is 9.59 Å². The number of carbonyl (C=O) groups is 2. The first kappa shape index (κ1) is 17.3. The fourth-order valence-corrected chi connectivity index (χ4v) is 3.22. The van der Waals surface area contributed by atoms with Crippen molar-refractivity contribution in [1.82, 2.24) is 5.32 Å². The predicted molar refractivity (Wildman–Crippen MR) is 100 cm³/mol. The van der Waals surface area contributed by atoms with Crippen LogP contribution in [0, 0.1) is 0 Å². The van der Waals surface area contributed by atoms with Gasteiger partial charge in [-0.15, -0.1) is 0 Å². The Labute approximate surface area is 153 Å². The molecule has 126 valence electrons. The van der Waals surface area contributed by atoms with Gasteiger partial charge < -0.3 is 10.1 Å². The lowest BCUT2D eigenvalue weighted by Gasteiger charge is -2.03. The average molecular weight is 373 g/mol. The molecule has 1 aliphatic heterocycles. The van der Waals surface area contributed by atoms with E-state index in [2.05, 4.69) is 10.3 Å². The van der Waals surface area contributed by atoms with E-state index in [1.807, 2.05) is 12.1 Å². The molecule has 0 aliphatic carbocycles. The number of nitrogens with one attached hydrogen (secondary N) is 1. The number of para-hydroxylation sites is 1. The molecule has 5 nitrogen and oxygen atoms in total. The van der Waals surface area contributed by atoms with Crippen molar-refractivity contribution in [2.24, 2.45) is 4.99 Å². The molecule has 25 heavy (non-hydrogen) atoms. The highest BCUT2D eigenvalue weighted by Gasteiger charge is 2.24. The zero-order chi connectivity index (χ0) is 17.8. The lowest BCUT2D eigenvalue weighted by atomic mass is 10.2. The summed E-state index contributed by atoms with van der Waals surface area (Å²) >= 11 is 7.16. The van der Waals surface area contributed by atoms with E-state index in [4.69, 9.17) is 16.3 Å². The summed E-state index contributed by atoms with van der Waals surface area (Å²) in [4.78, 5) is 28.8. The van der Waals surface area contributed by atoms with Gasteiger partial charge in [-0.2, -0.15) is 0 Å². The highest BCUT2D eigenvalue weighted by atomic mass is 35.5. The monoisotopic (exact) mass is 372 g/mol. The van der Waals surface area contributed by atoms with E-state index in [0.717, 1.165) is 5.56 Å². The zero-order valence-corrected chi connectivity index (χ0v) is 14.7. The molecule has 1 saturated heterocycles. The van der Waals surface area contributed by atoms with Crippen molar-refractivity contribution in [2.75, 3.05) is 7.11 Å². The number of aliphatic imine (C=N–C) groups is 1. The van der Waals surface area contributed by atoms with Gasteiger partial charge in [0.1, 0.15) is 0 Å². The number of rotatable bonds is 3. The molecular weight excluding hydrogens is 360 g/mol. The van der Waals surface area contributed by atoms with E-state index in [0.29, 0.717) is 26.3 Å². The Morgan fingerprint density at radius 1 is 1.24 bits per heavy atom. The van der Waals surface area contributed by atoms with Gasteiger partial charge in [0.15, 0.2) is 5.17 Å². The van der Waals surface area contributed by atoms with Gasteiger partial charge in [0.05, 0.1) is 23.3 Å². The van der Waals surface area contributed by atoms with Crippen LogP contribution in [0.25, 0.3) is 6.08 Å². The Balaban J connectivity index is 1.88. The fraction of sp³-hybridized carbons (Fsp3) is 0.0556. The summed E-state index contributed by atoms with van der Waals surface area (Å²) in [6.07, 6.45) is 1.74. The Bertz CT molecular complexity index is 909. The SMILES string of the molecule is COC(=O)c1ccccc1N=C1NC(=O)/C(=C/c2cccc(Cl)c2)S1. The summed E-state index contributed by atoms with van der Waals surface area (Å²) in [5.41, 5.74) is 1.59. The van der Waals surface area contributed by atoms with Gasteiger partial charge in [0.25, 0.3) is 5.91 Å². The molecular formula is C18H13ClN2O3S. The summed E-state index contributed by atoms with van der Waals surface area (Å²) in [6, 6.07) is 14.0. The van der Waals surface area contributed by atoms with Crippen molar-refractivity contribution in [3.05, 3.63) is 69.6 Å². The molecule has 3 rings (SSSR count). The quantitative estimate of drug-likeness (QED) is 0.652. The van der Waals surface area contributed by atoms with Gasteiger partial charge in [0, 0.05) is 5.02 Å². The first-order valence-corrected chi connectivity index (χ1v) is 8.49. The largest absolute Gasteiger partial charge is 0.465 e. The first-order chi connectivity index (χ1) is 12.1. The molecule has 0 bridgehead atoms. The number of esters is 1. The number of ether oxygens (including phenoxy) is 1. The maximum atomic E-state index is 12.1. The number of thioether (sulfide) groups is 1. The Kier molecular flexibility index (Phi) is 5.21. The number of halogens is 1. The molecule has 7 heteroatoms. The van der Waals surface area contributed by atoms with Crippen LogP contribution in [0.2, 0.25) is 5.02 Å². The van der Waals surface area contributed by atoms with Crippen LogP contribution >= 0.6 is 23.4 Å². The molecule has 0 aromatic heterocycles.